The maximum atomic E-state index is 9.81. The molecule has 0 radical (unpaired) electrons. The Morgan fingerprint density at radius 3 is 2.50 bits per heavy atom. The van der Waals surface area contributed by atoms with Gasteiger partial charge in [0, 0.05) is 24.8 Å². The molecule has 1 aliphatic rings. The lowest BCUT2D eigenvalue weighted by molar-refractivity contribution is 0.403. The Hall–Kier alpha value is -2.20. The van der Waals surface area contributed by atoms with Crippen molar-refractivity contribution in [3.63, 3.8) is 0 Å². The average molecular weight is 354 g/mol. The fourth-order valence-electron chi connectivity index (χ4n) is 3.90. The van der Waals surface area contributed by atoms with Crippen molar-refractivity contribution in [2.24, 2.45) is 5.73 Å². The Kier molecular flexibility index (Phi) is 4.89. The summed E-state index contributed by atoms with van der Waals surface area (Å²) in [5.74, 6) is -0.154. The van der Waals surface area contributed by atoms with Gasteiger partial charge in [0.05, 0.1) is 0 Å². The lowest BCUT2D eigenvalue weighted by Gasteiger charge is -2.41. The molecule has 2 aromatic rings. The van der Waals surface area contributed by atoms with Gasteiger partial charge in [-0.15, -0.1) is 0 Å². The second kappa shape index (κ2) is 6.84. The summed E-state index contributed by atoms with van der Waals surface area (Å²) >= 11 is 0. The summed E-state index contributed by atoms with van der Waals surface area (Å²) in [6.07, 6.45) is 2.05. The Labute approximate surface area is 156 Å². The van der Waals surface area contributed by atoms with Crippen LogP contribution in [-0.4, -0.2) is 16.8 Å². The molecule has 0 aliphatic carbocycles. The zero-order valence-electron chi connectivity index (χ0n) is 16.2. The molecular weight excluding hydrogens is 324 g/mol. The number of anilines is 1. The van der Waals surface area contributed by atoms with Crippen LogP contribution < -0.4 is 10.6 Å². The van der Waals surface area contributed by atoms with E-state index >= 15 is 0 Å². The molecule has 0 spiro atoms. The topological polar surface area (TPSA) is 69.7 Å². The van der Waals surface area contributed by atoms with E-state index in [2.05, 4.69) is 37.8 Å². The highest BCUT2D eigenvalue weighted by molar-refractivity contribution is 5.63. The molecule has 4 heteroatoms. The number of aromatic hydroxyl groups is 2. The quantitative estimate of drug-likeness (QED) is 0.713. The normalized spacial score (nSPS) is 17.0. The van der Waals surface area contributed by atoms with Crippen LogP contribution in [0.15, 0.2) is 30.3 Å². The maximum absolute atomic E-state index is 9.81. The maximum Gasteiger partial charge on any atom is 0.157 e. The average Bonchev–Trinajstić information content (AvgIpc) is 2.59. The minimum absolute atomic E-state index is 0.000134. The van der Waals surface area contributed by atoms with Crippen LogP contribution in [0.4, 0.5) is 5.69 Å². The standard InChI is InChI=1S/C22H30N2O2/c1-5-16-11-18-19(12-17(16)14(2)23)24(9-8-22(18,3)4)13-15-6-7-20(25)21(26)10-15/h6-7,10-12,14,25-26H,5,8-9,13,23H2,1-4H3. The Morgan fingerprint density at radius 1 is 1.15 bits per heavy atom. The number of benzene rings is 2. The molecule has 140 valence electrons. The van der Waals surface area contributed by atoms with E-state index in [1.807, 2.05) is 13.0 Å². The summed E-state index contributed by atoms with van der Waals surface area (Å²) in [5, 5.41) is 19.4. The van der Waals surface area contributed by atoms with Crippen molar-refractivity contribution in [3.05, 3.63) is 52.6 Å². The first-order chi connectivity index (χ1) is 12.2. The molecule has 1 heterocycles. The van der Waals surface area contributed by atoms with Crippen molar-refractivity contribution >= 4 is 5.69 Å². The molecule has 0 bridgehead atoms. The van der Waals surface area contributed by atoms with Gasteiger partial charge in [0.15, 0.2) is 11.5 Å². The summed E-state index contributed by atoms with van der Waals surface area (Å²) in [5.41, 5.74) is 12.5. The van der Waals surface area contributed by atoms with Gasteiger partial charge in [-0.05, 0) is 65.6 Å². The van der Waals surface area contributed by atoms with Crippen molar-refractivity contribution in [2.45, 2.75) is 58.5 Å². The van der Waals surface area contributed by atoms with Crippen LogP contribution in [-0.2, 0) is 18.4 Å². The van der Waals surface area contributed by atoms with Crippen LogP contribution in [0.5, 0.6) is 11.5 Å². The predicted molar refractivity (Wildman–Crippen MR) is 107 cm³/mol. The van der Waals surface area contributed by atoms with E-state index < -0.39 is 0 Å². The van der Waals surface area contributed by atoms with Gasteiger partial charge >= 0.3 is 0 Å². The highest BCUT2D eigenvalue weighted by atomic mass is 16.3. The molecule has 0 aromatic heterocycles. The molecule has 26 heavy (non-hydrogen) atoms. The van der Waals surface area contributed by atoms with E-state index in [4.69, 9.17) is 5.73 Å². The van der Waals surface area contributed by atoms with E-state index in [0.29, 0.717) is 6.54 Å². The van der Waals surface area contributed by atoms with Gasteiger partial charge in [0.1, 0.15) is 0 Å². The molecule has 2 aromatic carbocycles. The summed E-state index contributed by atoms with van der Waals surface area (Å²) in [7, 11) is 0. The first-order valence-corrected chi connectivity index (χ1v) is 9.41. The fraction of sp³-hybridized carbons (Fsp3) is 0.455. The highest BCUT2D eigenvalue weighted by Gasteiger charge is 2.32. The first-order valence-electron chi connectivity index (χ1n) is 9.41. The Balaban J connectivity index is 2.05. The van der Waals surface area contributed by atoms with Gasteiger partial charge in [0.25, 0.3) is 0 Å². The molecule has 1 atom stereocenters. The van der Waals surface area contributed by atoms with E-state index in [1.165, 1.54) is 22.4 Å². The number of hydrogen-bond donors (Lipinski definition) is 3. The van der Waals surface area contributed by atoms with Crippen molar-refractivity contribution in [1.29, 1.82) is 0 Å². The minimum Gasteiger partial charge on any atom is -0.504 e. The van der Waals surface area contributed by atoms with Crippen LogP contribution in [0.1, 0.15) is 62.4 Å². The van der Waals surface area contributed by atoms with Gasteiger partial charge in [-0.1, -0.05) is 32.9 Å². The second-order valence-corrected chi connectivity index (χ2v) is 8.09. The predicted octanol–water partition coefficient (Wildman–Crippen LogP) is 4.37. The highest BCUT2D eigenvalue weighted by Crippen LogP contribution is 2.42. The SMILES string of the molecule is CCc1cc2c(cc1C(C)N)N(Cc1ccc(O)c(O)c1)CCC2(C)C. The molecule has 0 amide bonds. The van der Waals surface area contributed by atoms with Gasteiger partial charge in [-0.25, -0.2) is 0 Å². The van der Waals surface area contributed by atoms with Crippen LogP contribution in [0.2, 0.25) is 0 Å². The number of phenolic OH excluding ortho intramolecular Hbond substituents is 2. The van der Waals surface area contributed by atoms with E-state index in [1.54, 1.807) is 12.1 Å². The molecule has 0 fully saturated rings. The van der Waals surface area contributed by atoms with Crippen LogP contribution in [0, 0.1) is 0 Å². The number of fused-ring (bicyclic) bond motifs is 1. The third kappa shape index (κ3) is 3.38. The van der Waals surface area contributed by atoms with E-state index in [-0.39, 0.29) is 23.0 Å². The smallest absolute Gasteiger partial charge is 0.157 e. The molecule has 1 unspecified atom stereocenters. The fourth-order valence-corrected chi connectivity index (χ4v) is 3.90. The van der Waals surface area contributed by atoms with E-state index in [9.17, 15) is 10.2 Å². The Morgan fingerprint density at radius 2 is 1.88 bits per heavy atom. The minimum atomic E-state index is -0.0826. The zero-order chi connectivity index (χ0) is 19.1. The largest absolute Gasteiger partial charge is 0.504 e. The molecule has 0 saturated carbocycles. The van der Waals surface area contributed by atoms with Crippen molar-refractivity contribution in [1.82, 2.24) is 0 Å². The molecule has 1 aliphatic heterocycles. The molecule has 0 saturated heterocycles. The van der Waals surface area contributed by atoms with Crippen molar-refractivity contribution in [3.8, 4) is 11.5 Å². The first kappa shape index (κ1) is 18.6. The number of nitrogens with two attached hydrogens (primary N) is 1. The third-order valence-electron chi connectivity index (χ3n) is 5.62. The van der Waals surface area contributed by atoms with Crippen molar-refractivity contribution < 1.29 is 10.2 Å². The lowest BCUT2D eigenvalue weighted by atomic mass is 9.75. The third-order valence-corrected chi connectivity index (χ3v) is 5.62. The second-order valence-electron chi connectivity index (χ2n) is 8.09. The van der Waals surface area contributed by atoms with Gasteiger partial charge < -0.3 is 20.8 Å². The molecule has 4 nitrogen and oxygen atoms in total. The van der Waals surface area contributed by atoms with Crippen LogP contribution >= 0.6 is 0 Å². The van der Waals surface area contributed by atoms with Gasteiger partial charge in [-0.2, -0.15) is 0 Å². The number of phenols is 2. The molecule has 4 N–H and O–H groups in total. The zero-order valence-corrected chi connectivity index (χ0v) is 16.2. The number of hydrogen-bond acceptors (Lipinski definition) is 4. The van der Waals surface area contributed by atoms with Crippen LogP contribution in [0.25, 0.3) is 0 Å². The monoisotopic (exact) mass is 354 g/mol. The number of aryl methyl sites for hydroxylation is 1. The van der Waals surface area contributed by atoms with Crippen molar-refractivity contribution in [2.75, 3.05) is 11.4 Å². The molecule has 3 rings (SSSR count). The summed E-state index contributed by atoms with van der Waals surface area (Å²) in [4.78, 5) is 2.36. The number of rotatable bonds is 4. The number of nitrogens with zero attached hydrogens (tertiary/aromatic N) is 1. The Bertz CT molecular complexity index is 812. The lowest BCUT2D eigenvalue weighted by Crippen LogP contribution is -2.37. The van der Waals surface area contributed by atoms with Gasteiger partial charge in [0.2, 0.25) is 0 Å². The summed E-state index contributed by atoms with van der Waals surface area (Å²) in [6, 6.07) is 9.66. The summed E-state index contributed by atoms with van der Waals surface area (Å²) < 4.78 is 0. The van der Waals surface area contributed by atoms with Crippen LogP contribution in [0.3, 0.4) is 0 Å². The summed E-state index contributed by atoms with van der Waals surface area (Å²) in [6.45, 7) is 10.5. The van der Waals surface area contributed by atoms with E-state index in [0.717, 1.165) is 24.9 Å². The molecular formula is C22H30N2O2. The van der Waals surface area contributed by atoms with Gasteiger partial charge in [-0.3, -0.25) is 0 Å².